The van der Waals surface area contributed by atoms with Gasteiger partial charge in [-0.15, -0.1) is 0 Å². The summed E-state index contributed by atoms with van der Waals surface area (Å²) in [6, 6.07) is 0. The monoisotopic (exact) mass is 164 g/mol. The van der Waals surface area contributed by atoms with E-state index >= 15 is 0 Å². The maximum Gasteiger partial charge on any atom is 0.323 e. The second-order valence-corrected chi connectivity index (χ2v) is 2.88. The highest BCUT2D eigenvalue weighted by Crippen LogP contribution is 1.86. The van der Waals surface area contributed by atoms with E-state index in [4.69, 9.17) is 0 Å². The Morgan fingerprint density at radius 1 is 1.42 bits per heavy atom. The number of hydrogen-bond acceptors (Lipinski definition) is 1. The smallest absolute Gasteiger partial charge is 0.306 e. The summed E-state index contributed by atoms with van der Waals surface area (Å²) in [7, 11) is 0. The molecule has 0 aliphatic rings. The number of hydrogen-bond donors (Lipinski definition) is 2. The highest BCUT2D eigenvalue weighted by molar-refractivity contribution is 5.36. The molecule has 0 aliphatic heterocycles. The van der Waals surface area contributed by atoms with Crippen molar-refractivity contribution < 1.29 is 0 Å². The van der Waals surface area contributed by atoms with Crippen LogP contribution < -0.4 is 16.4 Å². The van der Waals surface area contributed by atoms with E-state index in [0.29, 0.717) is 5.35 Å². The van der Waals surface area contributed by atoms with Crippen molar-refractivity contribution in [2.45, 2.75) is 13.8 Å². The number of imidazole rings is 1. The number of allylic oxidation sites excluding steroid dienone is 2. The largest absolute Gasteiger partial charge is 0.323 e. The second-order valence-electron chi connectivity index (χ2n) is 2.88. The molecule has 12 heavy (non-hydrogen) atoms. The molecule has 0 spiro atoms. The SMILES string of the molecule is C=c1[nH]c(=O)[nH]/c1=C/C=C(C)C. The second kappa shape index (κ2) is 3.26. The van der Waals surface area contributed by atoms with E-state index in [1.54, 1.807) is 0 Å². The third kappa shape index (κ3) is 1.99. The first-order chi connectivity index (χ1) is 5.59. The summed E-state index contributed by atoms with van der Waals surface area (Å²) in [6.07, 6.45) is 3.75. The Morgan fingerprint density at radius 3 is 2.50 bits per heavy atom. The summed E-state index contributed by atoms with van der Waals surface area (Å²) in [5, 5.41) is 1.36. The van der Waals surface area contributed by atoms with Crippen LogP contribution in [0.2, 0.25) is 0 Å². The normalized spacial score (nSPS) is 11.7. The first-order valence-electron chi connectivity index (χ1n) is 3.72. The number of aromatic amines is 2. The van der Waals surface area contributed by atoms with Crippen LogP contribution in [0.25, 0.3) is 12.7 Å². The molecule has 1 aromatic rings. The van der Waals surface area contributed by atoms with E-state index in [9.17, 15) is 4.79 Å². The van der Waals surface area contributed by atoms with Crippen molar-refractivity contribution in [2.24, 2.45) is 0 Å². The predicted molar refractivity (Wildman–Crippen MR) is 50.1 cm³/mol. The third-order valence-electron chi connectivity index (χ3n) is 1.42. The minimum atomic E-state index is -0.214. The quantitative estimate of drug-likeness (QED) is 0.596. The molecular formula is C9H12N2O. The average molecular weight is 164 g/mol. The van der Waals surface area contributed by atoms with Gasteiger partial charge >= 0.3 is 5.69 Å². The van der Waals surface area contributed by atoms with Gasteiger partial charge < -0.3 is 9.97 Å². The van der Waals surface area contributed by atoms with Crippen LogP contribution in [-0.4, -0.2) is 9.97 Å². The van der Waals surface area contributed by atoms with Crippen LogP contribution in [0.15, 0.2) is 16.4 Å². The van der Waals surface area contributed by atoms with E-state index in [0.717, 1.165) is 5.35 Å². The van der Waals surface area contributed by atoms with Crippen molar-refractivity contribution in [3.8, 4) is 0 Å². The van der Waals surface area contributed by atoms with E-state index in [-0.39, 0.29) is 5.69 Å². The van der Waals surface area contributed by atoms with Gasteiger partial charge in [-0.3, -0.25) is 0 Å². The maximum absolute atomic E-state index is 10.8. The highest BCUT2D eigenvalue weighted by Gasteiger charge is 1.85. The zero-order valence-electron chi connectivity index (χ0n) is 7.27. The number of aromatic nitrogens is 2. The van der Waals surface area contributed by atoms with E-state index in [1.165, 1.54) is 5.57 Å². The molecule has 1 aromatic heterocycles. The molecule has 1 rings (SSSR count). The molecule has 3 heteroatoms. The lowest BCUT2D eigenvalue weighted by atomic mass is 10.3. The van der Waals surface area contributed by atoms with Crippen molar-refractivity contribution in [3.63, 3.8) is 0 Å². The Morgan fingerprint density at radius 2 is 2.08 bits per heavy atom. The fraction of sp³-hybridized carbons (Fsp3) is 0.222. The first-order valence-corrected chi connectivity index (χ1v) is 3.72. The summed E-state index contributed by atoms with van der Waals surface area (Å²) in [6.45, 7) is 7.65. The van der Waals surface area contributed by atoms with Crippen LogP contribution in [-0.2, 0) is 0 Å². The molecule has 0 aromatic carbocycles. The van der Waals surface area contributed by atoms with E-state index < -0.39 is 0 Å². The lowest BCUT2D eigenvalue weighted by Gasteiger charge is -1.80. The van der Waals surface area contributed by atoms with Gasteiger partial charge in [-0.05, 0) is 19.9 Å². The minimum Gasteiger partial charge on any atom is -0.306 e. The molecule has 1 heterocycles. The minimum absolute atomic E-state index is 0.214. The standard InChI is InChI=1S/C9H12N2O/c1-6(2)4-5-8-7(3)10-9(12)11-8/h4-5H,3H2,1-2H3,(H2,10,11,12)/b8-5+. The summed E-state index contributed by atoms with van der Waals surface area (Å²) in [5.74, 6) is 0. The summed E-state index contributed by atoms with van der Waals surface area (Å²) < 4.78 is 0. The van der Waals surface area contributed by atoms with Crippen LogP contribution >= 0.6 is 0 Å². The van der Waals surface area contributed by atoms with Gasteiger partial charge in [-0.2, -0.15) is 0 Å². The zero-order chi connectivity index (χ0) is 9.14. The average Bonchev–Trinajstić information content (AvgIpc) is 2.26. The van der Waals surface area contributed by atoms with Gasteiger partial charge in [-0.25, -0.2) is 4.79 Å². The summed E-state index contributed by atoms with van der Waals surface area (Å²) in [4.78, 5) is 15.9. The van der Waals surface area contributed by atoms with Crippen LogP contribution in [0.1, 0.15) is 13.8 Å². The topological polar surface area (TPSA) is 48.6 Å². The van der Waals surface area contributed by atoms with Crippen LogP contribution in [0.4, 0.5) is 0 Å². The van der Waals surface area contributed by atoms with Gasteiger partial charge in [-0.1, -0.05) is 18.2 Å². The molecule has 0 saturated heterocycles. The molecule has 0 aliphatic carbocycles. The Bertz CT molecular complexity index is 444. The van der Waals surface area contributed by atoms with Crippen LogP contribution in [0.5, 0.6) is 0 Å². The van der Waals surface area contributed by atoms with Gasteiger partial charge in [0.15, 0.2) is 0 Å². The Kier molecular flexibility index (Phi) is 2.33. The molecule has 0 saturated carbocycles. The van der Waals surface area contributed by atoms with Gasteiger partial charge in [0, 0.05) is 0 Å². The zero-order valence-corrected chi connectivity index (χ0v) is 7.27. The molecular weight excluding hydrogens is 152 g/mol. The first kappa shape index (κ1) is 8.59. The van der Waals surface area contributed by atoms with Gasteiger partial charge in [0.25, 0.3) is 0 Å². The van der Waals surface area contributed by atoms with Crippen LogP contribution in [0.3, 0.4) is 0 Å². The van der Waals surface area contributed by atoms with E-state index in [2.05, 4.69) is 16.5 Å². The molecule has 2 N–H and O–H groups in total. The Labute approximate surface area is 70.1 Å². The third-order valence-corrected chi connectivity index (χ3v) is 1.42. The van der Waals surface area contributed by atoms with Gasteiger partial charge in [0.1, 0.15) is 0 Å². The Balaban J connectivity index is 3.29. The lowest BCUT2D eigenvalue weighted by Crippen LogP contribution is -2.21. The van der Waals surface area contributed by atoms with E-state index in [1.807, 2.05) is 26.0 Å². The van der Waals surface area contributed by atoms with Gasteiger partial charge in [0.2, 0.25) is 0 Å². The fourth-order valence-corrected chi connectivity index (χ4v) is 0.826. The summed E-state index contributed by atoms with van der Waals surface area (Å²) >= 11 is 0. The fourth-order valence-electron chi connectivity index (χ4n) is 0.826. The summed E-state index contributed by atoms with van der Waals surface area (Å²) in [5.41, 5.74) is 0.963. The molecule has 0 unspecified atom stereocenters. The van der Waals surface area contributed by atoms with Crippen molar-refractivity contribution in [1.82, 2.24) is 9.97 Å². The molecule has 64 valence electrons. The van der Waals surface area contributed by atoms with Crippen molar-refractivity contribution in [1.29, 1.82) is 0 Å². The van der Waals surface area contributed by atoms with Crippen molar-refractivity contribution >= 4 is 12.7 Å². The van der Waals surface area contributed by atoms with Crippen molar-refractivity contribution in [3.05, 3.63) is 32.8 Å². The molecule has 3 nitrogen and oxygen atoms in total. The number of H-pyrrole nitrogens is 2. The number of nitrogens with one attached hydrogen (secondary N) is 2. The van der Waals surface area contributed by atoms with Crippen molar-refractivity contribution in [2.75, 3.05) is 0 Å². The molecule has 0 amide bonds. The predicted octanol–water partition coefficient (Wildman–Crippen LogP) is -0.140. The van der Waals surface area contributed by atoms with Gasteiger partial charge in [0.05, 0.1) is 10.7 Å². The molecule has 0 radical (unpaired) electrons. The van der Waals surface area contributed by atoms with Crippen LogP contribution in [0, 0.1) is 0 Å². The lowest BCUT2D eigenvalue weighted by molar-refractivity contribution is 1.17. The highest BCUT2D eigenvalue weighted by atomic mass is 16.1. The molecule has 0 bridgehead atoms. The molecule has 0 atom stereocenters. The number of rotatable bonds is 1. The molecule has 0 fully saturated rings. The maximum atomic E-state index is 10.8. The Hall–Kier alpha value is -1.51.